The molecule has 0 aliphatic heterocycles. The van der Waals surface area contributed by atoms with Gasteiger partial charge in [0.05, 0.1) is 4.90 Å². The fourth-order valence-electron chi connectivity index (χ4n) is 2.28. The minimum atomic E-state index is -3.65. The standard InChI is InChI=1S/C19H19N3O2S3/c1-3-15-6-8-16(9-7-15)12-13-25-19-21-20-18(26-19)22-27(23,24)17-10-4-14(2)5-11-17/h3-11H,1,12-13H2,2H3,(H,20,22). The number of hydrogen-bond donors (Lipinski definition) is 1. The minimum Gasteiger partial charge on any atom is -0.253 e. The van der Waals surface area contributed by atoms with Crippen LogP contribution in [0.2, 0.25) is 0 Å². The number of sulfonamides is 1. The highest BCUT2D eigenvalue weighted by Crippen LogP contribution is 2.27. The molecule has 0 fully saturated rings. The van der Waals surface area contributed by atoms with Gasteiger partial charge in [0.25, 0.3) is 10.0 Å². The summed E-state index contributed by atoms with van der Waals surface area (Å²) < 4.78 is 28.0. The Morgan fingerprint density at radius 1 is 1.11 bits per heavy atom. The molecule has 0 aliphatic carbocycles. The Morgan fingerprint density at radius 2 is 1.81 bits per heavy atom. The third-order valence-electron chi connectivity index (χ3n) is 3.79. The largest absolute Gasteiger partial charge is 0.263 e. The predicted octanol–water partition coefficient (Wildman–Crippen LogP) is 4.63. The fourth-order valence-corrected chi connectivity index (χ4v) is 5.32. The number of nitrogens with one attached hydrogen (secondary N) is 1. The van der Waals surface area contributed by atoms with Gasteiger partial charge in [0.2, 0.25) is 5.13 Å². The topological polar surface area (TPSA) is 72.0 Å². The molecule has 0 radical (unpaired) electrons. The molecule has 3 rings (SSSR count). The van der Waals surface area contributed by atoms with Crippen LogP contribution >= 0.6 is 23.1 Å². The summed E-state index contributed by atoms with van der Waals surface area (Å²) in [6.07, 6.45) is 2.71. The highest BCUT2D eigenvalue weighted by Gasteiger charge is 2.16. The first kappa shape index (κ1) is 19.6. The SMILES string of the molecule is C=Cc1ccc(CCSc2nnc(NS(=O)(=O)c3ccc(C)cc3)s2)cc1. The van der Waals surface area contributed by atoms with Gasteiger partial charge in [0, 0.05) is 5.75 Å². The van der Waals surface area contributed by atoms with Gasteiger partial charge in [0.1, 0.15) is 0 Å². The first-order chi connectivity index (χ1) is 13.0. The highest BCUT2D eigenvalue weighted by molar-refractivity contribution is 8.01. The van der Waals surface area contributed by atoms with Crippen LogP contribution in [0, 0.1) is 6.92 Å². The Morgan fingerprint density at radius 3 is 2.48 bits per heavy atom. The lowest BCUT2D eigenvalue weighted by molar-refractivity contribution is 0.601. The summed E-state index contributed by atoms with van der Waals surface area (Å²) in [5.41, 5.74) is 3.33. The second-order valence-electron chi connectivity index (χ2n) is 5.84. The van der Waals surface area contributed by atoms with Crippen LogP contribution in [0.3, 0.4) is 0 Å². The van der Waals surface area contributed by atoms with E-state index in [1.807, 2.05) is 25.1 Å². The first-order valence-corrected chi connectivity index (χ1v) is 11.5. The molecule has 0 unspecified atom stereocenters. The number of aryl methyl sites for hydroxylation is 2. The molecular weight excluding hydrogens is 398 g/mol. The third kappa shape index (κ3) is 5.41. The lowest BCUT2D eigenvalue weighted by Gasteiger charge is -2.04. The summed E-state index contributed by atoms with van der Waals surface area (Å²) in [4.78, 5) is 0.209. The maximum Gasteiger partial charge on any atom is 0.263 e. The third-order valence-corrected chi connectivity index (χ3v) is 7.25. The molecule has 140 valence electrons. The molecule has 1 aromatic heterocycles. The van der Waals surface area contributed by atoms with Crippen molar-refractivity contribution in [1.29, 1.82) is 0 Å². The quantitative estimate of drug-likeness (QED) is 0.541. The van der Waals surface area contributed by atoms with Crippen molar-refractivity contribution >= 4 is 44.3 Å². The van der Waals surface area contributed by atoms with Gasteiger partial charge in [-0.1, -0.05) is 77.7 Å². The van der Waals surface area contributed by atoms with Crippen LogP contribution in [0.4, 0.5) is 5.13 Å². The van der Waals surface area contributed by atoms with E-state index in [-0.39, 0.29) is 10.0 Å². The molecule has 5 nitrogen and oxygen atoms in total. The Labute approximate surface area is 167 Å². The van der Waals surface area contributed by atoms with Gasteiger partial charge in [-0.15, -0.1) is 10.2 Å². The van der Waals surface area contributed by atoms with Gasteiger partial charge in [-0.25, -0.2) is 8.42 Å². The Kier molecular flexibility index (Phi) is 6.30. The molecular formula is C19H19N3O2S3. The molecule has 27 heavy (non-hydrogen) atoms. The fraction of sp³-hybridized carbons (Fsp3) is 0.158. The lowest BCUT2D eigenvalue weighted by Crippen LogP contribution is -2.12. The normalized spacial score (nSPS) is 11.3. The monoisotopic (exact) mass is 417 g/mol. The van der Waals surface area contributed by atoms with Crippen molar-refractivity contribution in [2.75, 3.05) is 10.5 Å². The van der Waals surface area contributed by atoms with Crippen molar-refractivity contribution in [2.24, 2.45) is 0 Å². The Balaban J connectivity index is 1.56. The van der Waals surface area contributed by atoms with E-state index in [2.05, 4.69) is 33.6 Å². The van der Waals surface area contributed by atoms with Crippen LogP contribution in [0.25, 0.3) is 6.08 Å². The smallest absolute Gasteiger partial charge is 0.253 e. The van der Waals surface area contributed by atoms with E-state index in [4.69, 9.17) is 0 Å². The zero-order valence-electron chi connectivity index (χ0n) is 14.8. The number of hydrogen-bond acceptors (Lipinski definition) is 6. The number of aromatic nitrogens is 2. The van der Waals surface area contributed by atoms with E-state index in [1.54, 1.807) is 36.0 Å². The maximum absolute atomic E-state index is 12.4. The van der Waals surface area contributed by atoms with E-state index >= 15 is 0 Å². The summed E-state index contributed by atoms with van der Waals surface area (Å²) in [6.45, 7) is 5.66. The average molecular weight is 418 g/mol. The predicted molar refractivity (Wildman–Crippen MR) is 113 cm³/mol. The number of rotatable bonds is 8. The van der Waals surface area contributed by atoms with Crippen molar-refractivity contribution in [3.63, 3.8) is 0 Å². The van der Waals surface area contributed by atoms with Gasteiger partial charge < -0.3 is 0 Å². The summed E-state index contributed by atoms with van der Waals surface area (Å²) in [7, 11) is -3.65. The molecule has 0 spiro atoms. The van der Waals surface area contributed by atoms with Crippen molar-refractivity contribution in [2.45, 2.75) is 22.6 Å². The van der Waals surface area contributed by atoms with Gasteiger partial charge in [-0.05, 0) is 36.6 Å². The number of anilines is 1. The maximum atomic E-state index is 12.4. The number of thioether (sulfide) groups is 1. The van der Waals surface area contributed by atoms with Gasteiger partial charge in [0.15, 0.2) is 4.34 Å². The van der Waals surface area contributed by atoms with Crippen molar-refractivity contribution in [3.8, 4) is 0 Å². The van der Waals surface area contributed by atoms with Crippen molar-refractivity contribution < 1.29 is 8.42 Å². The highest BCUT2D eigenvalue weighted by atomic mass is 32.2. The van der Waals surface area contributed by atoms with E-state index < -0.39 is 10.0 Å². The average Bonchev–Trinajstić information content (AvgIpc) is 3.09. The first-order valence-electron chi connectivity index (χ1n) is 8.23. The van der Waals surface area contributed by atoms with Crippen LogP contribution in [-0.4, -0.2) is 24.4 Å². The van der Waals surface area contributed by atoms with E-state index in [9.17, 15) is 8.42 Å². The molecule has 0 bridgehead atoms. The van der Waals surface area contributed by atoms with Gasteiger partial charge in [-0.3, -0.25) is 4.72 Å². The van der Waals surface area contributed by atoms with Crippen LogP contribution < -0.4 is 4.72 Å². The summed E-state index contributed by atoms with van der Waals surface area (Å²) in [5, 5.41) is 8.27. The van der Waals surface area contributed by atoms with E-state index in [1.165, 1.54) is 16.9 Å². The molecule has 0 saturated heterocycles. The molecule has 3 aromatic rings. The summed E-state index contributed by atoms with van der Waals surface area (Å²) in [5.74, 6) is 0.840. The van der Waals surface area contributed by atoms with Crippen LogP contribution in [0.15, 0.2) is 64.3 Å². The molecule has 1 heterocycles. The van der Waals surface area contributed by atoms with Crippen molar-refractivity contribution in [3.05, 3.63) is 71.8 Å². The second-order valence-corrected chi connectivity index (χ2v) is 9.84. The van der Waals surface area contributed by atoms with E-state index in [0.717, 1.165) is 27.6 Å². The molecule has 0 saturated carbocycles. The van der Waals surface area contributed by atoms with Crippen molar-refractivity contribution in [1.82, 2.24) is 10.2 Å². The zero-order valence-corrected chi connectivity index (χ0v) is 17.2. The Bertz CT molecular complexity index is 1010. The number of nitrogens with zero attached hydrogens (tertiary/aromatic N) is 2. The number of benzene rings is 2. The van der Waals surface area contributed by atoms with E-state index in [0.29, 0.717) is 0 Å². The van der Waals surface area contributed by atoms with Crippen LogP contribution in [0.5, 0.6) is 0 Å². The molecule has 0 amide bonds. The molecule has 0 aliphatic rings. The van der Waals surface area contributed by atoms with Gasteiger partial charge >= 0.3 is 0 Å². The van der Waals surface area contributed by atoms with Crippen LogP contribution in [0.1, 0.15) is 16.7 Å². The molecule has 0 atom stereocenters. The zero-order chi connectivity index (χ0) is 19.3. The lowest BCUT2D eigenvalue weighted by atomic mass is 10.1. The summed E-state index contributed by atoms with van der Waals surface area (Å²) in [6, 6.07) is 14.9. The van der Waals surface area contributed by atoms with Gasteiger partial charge in [-0.2, -0.15) is 0 Å². The molecule has 1 N–H and O–H groups in total. The second kappa shape index (κ2) is 8.69. The van der Waals surface area contributed by atoms with Crippen LogP contribution in [-0.2, 0) is 16.4 Å². The molecule has 8 heteroatoms. The molecule has 2 aromatic carbocycles. The summed E-state index contributed by atoms with van der Waals surface area (Å²) >= 11 is 2.80. The minimum absolute atomic E-state index is 0.209. The Hall–Kier alpha value is -2.16.